The van der Waals surface area contributed by atoms with Gasteiger partial charge in [0.15, 0.2) is 5.17 Å². The van der Waals surface area contributed by atoms with Gasteiger partial charge in [0.1, 0.15) is 0 Å². The molecule has 1 saturated heterocycles. The molecule has 2 aromatic carbocycles. The molecule has 1 amide bonds. The molecule has 1 aliphatic rings. The van der Waals surface area contributed by atoms with Crippen LogP contribution in [0.3, 0.4) is 0 Å². The minimum Gasteiger partial charge on any atom is -0.299 e. The van der Waals surface area contributed by atoms with Crippen molar-refractivity contribution < 1.29 is 9.72 Å². The molecule has 0 saturated carbocycles. The first-order valence-electron chi connectivity index (χ1n) is 8.59. The van der Waals surface area contributed by atoms with Gasteiger partial charge in [-0.25, -0.2) is 0 Å². The summed E-state index contributed by atoms with van der Waals surface area (Å²) in [4.78, 5) is 22.7. The van der Waals surface area contributed by atoms with E-state index in [9.17, 15) is 14.9 Å². The molecule has 0 unspecified atom stereocenters. The number of nitro groups is 1. The van der Waals surface area contributed by atoms with Crippen molar-refractivity contribution in [1.82, 2.24) is 5.32 Å². The number of nitro benzene ring substituents is 1. The number of nitrogens with zero attached hydrogens (tertiary/aromatic N) is 3. The summed E-state index contributed by atoms with van der Waals surface area (Å²) in [5.74, 6) is 0.191. The van der Waals surface area contributed by atoms with E-state index in [4.69, 9.17) is 0 Å². The SMILES string of the molecule is CC(C)c1ccc(/C=N\N=C2/NC(=O)/C(=C\c3ccc([N+](=O)[O-])cc3)S2)cc1. The number of carbonyl (C=O) groups excluding carboxylic acids is 1. The lowest BCUT2D eigenvalue weighted by Gasteiger charge is -2.03. The van der Waals surface area contributed by atoms with Gasteiger partial charge in [0.25, 0.3) is 11.6 Å². The first kappa shape index (κ1) is 19.5. The van der Waals surface area contributed by atoms with Gasteiger partial charge in [0, 0.05) is 12.1 Å². The lowest BCUT2D eigenvalue weighted by atomic mass is 10.0. The van der Waals surface area contributed by atoms with E-state index >= 15 is 0 Å². The zero-order valence-electron chi connectivity index (χ0n) is 15.3. The van der Waals surface area contributed by atoms with E-state index in [0.29, 0.717) is 21.6 Å². The van der Waals surface area contributed by atoms with E-state index < -0.39 is 4.92 Å². The monoisotopic (exact) mass is 394 g/mol. The molecule has 0 aromatic heterocycles. The fraction of sp³-hybridized carbons (Fsp3) is 0.150. The van der Waals surface area contributed by atoms with Crippen LogP contribution in [-0.4, -0.2) is 22.2 Å². The Labute approximate surface area is 166 Å². The Morgan fingerprint density at radius 3 is 2.32 bits per heavy atom. The van der Waals surface area contributed by atoms with E-state index in [1.807, 2.05) is 12.1 Å². The van der Waals surface area contributed by atoms with Crippen molar-refractivity contribution in [3.8, 4) is 0 Å². The largest absolute Gasteiger partial charge is 0.299 e. The zero-order valence-corrected chi connectivity index (χ0v) is 16.1. The number of amides is 1. The predicted octanol–water partition coefficient (Wildman–Crippen LogP) is 4.31. The summed E-state index contributed by atoms with van der Waals surface area (Å²) in [6, 6.07) is 14.0. The van der Waals surface area contributed by atoms with Crippen molar-refractivity contribution in [2.45, 2.75) is 19.8 Å². The molecule has 0 atom stereocenters. The van der Waals surface area contributed by atoms with Crippen molar-refractivity contribution in [2.24, 2.45) is 10.2 Å². The third-order valence-electron chi connectivity index (χ3n) is 4.01. The minimum atomic E-state index is -0.465. The number of rotatable bonds is 5. The van der Waals surface area contributed by atoms with E-state index in [1.54, 1.807) is 24.4 Å². The van der Waals surface area contributed by atoms with Gasteiger partial charge in [-0.15, -0.1) is 5.10 Å². The molecule has 0 aliphatic carbocycles. The molecular formula is C20H18N4O3S. The van der Waals surface area contributed by atoms with Crippen LogP contribution in [0.1, 0.15) is 36.5 Å². The number of nitrogens with one attached hydrogen (secondary N) is 1. The number of carbonyl (C=O) groups is 1. The highest BCUT2D eigenvalue weighted by molar-refractivity contribution is 8.18. The molecule has 7 nitrogen and oxygen atoms in total. The van der Waals surface area contributed by atoms with Crippen molar-refractivity contribution >= 4 is 40.8 Å². The predicted molar refractivity (Wildman–Crippen MR) is 112 cm³/mol. The Morgan fingerprint density at radius 1 is 1.07 bits per heavy atom. The quantitative estimate of drug-likeness (QED) is 0.354. The van der Waals surface area contributed by atoms with Crippen molar-refractivity contribution in [1.29, 1.82) is 0 Å². The van der Waals surface area contributed by atoms with Gasteiger partial charge in [0.05, 0.1) is 16.0 Å². The molecule has 1 fully saturated rings. The summed E-state index contributed by atoms with van der Waals surface area (Å²) < 4.78 is 0. The second-order valence-electron chi connectivity index (χ2n) is 6.38. The maximum absolute atomic E-state index is 12.1. The van der Waals surface area contributed by atoms with E-state index in [2.05, 4.69) is 41.5 Å². The van der Waals surface area contributed by atoms with Gasteiger partial charge in [-0.1, -0.05) is 38.1 Å². The lowest BCUT2D eigenvalue weighted by Crippen LogP contribution is -2.19. The summed E-state index contributed by atoms with van der Waals surface area (Å²) in [6.45, 7) is 4.27. The molecule has 1 heterocycles. The molecule has 2 aromatic rings. The first-order valence-corrected chi connectivity index (χ1v) is 9.40. The molecule has 0 radical (unpaired) electrons. The Kier molecular flexibility index (Phi) is 6.00. The van der Waals surface area contributed by atoms with E-state index in [-0.39, 0.29) is 11.6 Å². The Morgan fingerprint density at radius 2 is 1.71 bits per heavy atom. The van der Waals surface area contributed by atoms with Crippen LogP contribution < -0.4 is 5.32 Å². The average Bonchev–Trinajstić information content (AvgIpc) is 3.02. The lowest BCUT2D eigenvalue weighted by molar-refractivity contribution is -0.384. The van der Waals surface area contributed by atoms with Gasteiger partial charge < -0.3 is 0 Å². The van der Waals surface area contributed by atoms with Gasteiger partial charge in [-0.3, -0.25) is 20.2 Å². The van der Waals surface area contributed by atoms with Crippen LogP contribution in [0.2, 0.25) is 0 Å². The number of hydrogen-bond donors (Lipinski definition) is 1. The fourth-order valence-electron chi connectivity index (χ4n) is 2.43. The van der Waals surface area contributed by atoms with Gasteiger partial charge >= 0.3 is 0 Å². The summed E-state index contributed by atoms with van der Waals surface area (Å²) >= 11 is 1.17. The van der Waals surface area contributed by atoms with E-state index in [1.165, 1.54) is 29.5 Å². The number of hydrogen-bond acceptors (Lipinski definition) is 6. The standard InChI is InChI=1S/C20H18N4O3S/c1-13(2)16-7-3-15(4-8-16)12-21-23-20-22-19(25)18(28-20)11-14-5-9-17(10-6-14)24(26)27/h3-13H,1-2H3,(H,22,23,25)/b18-11+,21-12-. The van der Waals surface area contributed by atoms with Gasteiger partial charge in [0.2, 0.25) is 0 Å². The Bertz CT molecular complexity index is 978. The molecule has 1 N–H and O–H groups in total. The highest BCUT2D eigenvalue weighted by Gasteiger charge is 2.23. The maximum Gasteiger partial charge on any atom is 0.269 e. The molecule has 28 heavy (non-hydrogen) atoms. The van der Waals surface area contributed by atoms with Crippen LogP contribution >= 0.6 is 11.8 Å². The molecule has 3 rings (SSSR count). The van der Waals surface area contributed by atoms with Crippen molar-refractivity contribution in [2.75, 3.05) is 0 Å². The number of amidine groups is 1. The summed E-state index contributed by atoms with van der Waals surface area (Å²) in [5, 5.41) is 21.8. The van der Waals surface area contributed by atoms with Crippen LogP contribution in [0.15, 0.2) is 63.6 Å². The van der Waals surface area contributed by atoms with Crippen LogP contribution in [0.25, 0.3) is 6.08 Å². The molecule has 0 bridgehead atoms. The van der Waals surface area contributed by atoms with Crippen LogP contribution in [0.5, 0.6) is 0 Å². The second-order valence-corrected chi connectivity index (χ2v) is 7.42. The molecule has 8 heteroatoms. The van der Waals surface area contributed by atoms with E-state index in [0.717, 1.165) is 5.56 Å². The summed E-state index contributed by atoms with van der Waals surface area (Å²) in [6.07, 6.45) is 3.28. The van der Waals surface area contributed by atoms with Gasteiger partial charge in [-0.05, 0) is 52.6 Å². The number of non-ortho nitro benzene ring substituents is 1. The molecule has 0 spiro atoms. The maximum atomic E-state index is 12.1. The smallest absolute Gasteiger partial charge is 0.269 e. The molecule has 1 aliphatic heterocycles. The van der Waals surface area contributed by atoms with Gasteiger partial charge in [-0.2, -0.15) is 5.10 Å². The fourth-order valence-corrected chi connectivity index (χ4v) is 3.21. The summed E-state index contributed by atoms with van der Waals surface area (Å²) in [5.41, 5.74) is 2.87. The van der Waals surface area contributed by atoms with Crippen LogP contribution in [0, 0.1) is 10.1 Å². The summed E-state index contributed by atoms with van der Waals surface area (Å²) in [7, 11) is 0. The number of benzene rings is 2. The Balaban J connectivity index is 1.66. The second kappa shape index (κ2) is 8.62. The zero-order chi connectivity index (χ0) is 20.1. The topological polar surface area (TPSA) is 97.0 Å². The highest BCUT2D eigenvalue weighted by atomic mass is 32.2. The molecule has 142 valence electrons. The first-order chi connectivity index (χ1) is 13.4. The van der Waals surface area contributed by atoms with Crippen LogP contribution in [0.4, 0.5) is 5.69 Å². The van der Waals surface area contributed by atoms with Crippen molar-refractivity contribution in [3.05, 3.63) is 80.2 Å². The Hall–Kier alpha value is -3.26. The minimum absolute atomic E-state index is 0.00342. The highest BCUT2D eigenvalue weighted by Crippen LogP contribution is 2.26. The van der Waals surface area contributed by atoms with Crippen LogP contribution in [-0.2, 0) is 4.79 Å². The third kappa shape index (κ3) is 4.92. The normalized spacial score (nSPS) is 17.0. The average molecular weight is 394 g/mol. The van der Waals surface area contributed by atoms with Crippen molar-refractivity contribution in [3.63, 3.8) is 0 Å². The third-order valence-corrected chi connectivity index (χ3v) is 4.91. The molecular weight excluding hydrogens is 376 g/mol. The number of thioether (sulfide) groups is 1.